The van der Waals surface area contributed by atoms with Crippen molar-refractivity contribution >= 4 is 17.0 Å². The Balaban J connectivity index is 2.21. The van der Waals surface area contributed by atoms with E-state index in [1.165, 1.54) is 18.2 Å². The molecule has 0 aliphatic carbocycles. The van der Waals surface area contributed by atoms with Crippen LogP contribution in [0, 0.1) is 0 Å². The summed E-state index contributed by atoms with van der Waals surface area (Å²) in [7, 11) is 0. The van der Waals surface area contributed by atoms with Gasteiger partial charge in [-0.1, -0.05) is 0 Å². The molecule has 132 valence electrons. The number of aromatic nitrogens is 1. The summed E-state index contributed by atoms with van der Waals surface area (Å²) in [6.07, 6.45) is -5.31. The first-order valence-corrected chi connectivity index (χ1v) is 7.35. The number of halogens is 3. The van der Waals surface area contributed by atoms with Crippen LogP contribution in [-0.4, -0.2) is 28.3 Å². The second-order valence-corrected chi connectivity index (χ2v) is 6.38. The van der Waals surface area contributed by atoms with Crippen LogP contribution in [0.4, 0.5) is 18.0 Å². The fourth-order valence-electron chi connectivity index (χ4n) is 2.34. The van der Waals surface area contributed by atoms with E-state index in [-0.39, 0.29) is 35.2 Å². The van der Waals surface area contributed by atoms with Crippen molar-refractivity contribution in [1.29, 1.82) is 0 Å². The normalized spacial score (nSPS) is 12.4. The van der Waals surface area contributed by atoms with E-state index in [0.717, 1.165) is 0 Å². The van der Waals surface area contributed by atoms with Crippen LogP contribution in [0.3, 0.4) is 0 Å². The number of phenolic OH excluding ortho intramolecular Hbond substituents is 1. The Morgan fingerprint density at radius 2 is 1.96 bits per heavy atom. The Hall–Kier alpha value is -2.38. The van der Waals surface area contributed by atoms with Gasteiger partial charge in [-0.05, 0) is 51.0 Å². The number of phenols is 1. The quantitative estimate of drug-likeness (QED) is 0.789. The molecule has 3 N–H and O–H groups in total. The molecule has 0 saturated carbocycles. The number of hydrogen-bond donors (Lipinski definition) is 3. The van der Waals surface area contributed by atoms with E-state index in [1.807, 2.05) is 0 Å². The monoisotopic (exact) mass is 344 g/mol. The number of carbonyl (C=O) groups excluding carboxylic acids is 1. The molecule has 2 rings (SSSR count). The first kappa shape index (κ1) is 18.0. The zero-order chi connectivity index (χ0) is 18.1. The number of nitrogens with one attached hydrogen (secondary N) is 2. The Bertz CT molecular complexity index is 745. The summed E-state index contributed by atoms with van der Waals surface area (Å²) in [5.41, 5.74) is -1.31. The summed E-state index contributed by atoms with van der Waals surface area (Å²) in [5.74, 6) is -0.128. The molecule has 0 spiro atoms. The molecule has 1 aromatic heterocycles. The Labute approximate surface area is 136 Å². The van der Waals surface area contributed by atoms with Gasteiger partial charge in [-0.2, -0.15) is 13.2 Å². The first-order valence-electron chi connectivity index (χ1n) is 7.35. The maximum absolute atomic E-state index is 13.2. The molecule has 0 radical (unpaired) electrons. The smallest absolute Gasteiger partial charge is 0.431 e. The summed E-state index contributed by atoms with van der Waals surface area (Å²) >= 11 is 0. The van der Waals surface area contributed by atoms with Crippen LogP contribution in [0.5, 0.6) is 5.75 Å². The van der Waals surface area contributed by atoms with Gasteiger partial charge in [0, 0.05) is 17.4 Å². The van der Waals surface area contributed by atoms with Crippen LogP contribution >= 0.6 is 0 Å². The molecule has 0 saturated heterocycles. The summed E-state index contributed by atoms with van der Waals surface area (Å²) in [6, 6.07) is 3.95. The molecule has 0 aliphatic rings. The van der Waals surface area contributed by atoms with Crippen LogP contribution in [0.2, 0.25) is 0 Å². The number of ether oxygens (including phenoxy) is 1. The molecular weight excluding hydrogens is 325 g/mol. The molecule has 0 unspecified atom stereocenters. The largest absolute Gasteiger partial charge is 0.508 e. The number of fused-ring (bicyclic) bond motifs is 1. The number of aromatic amines is 1. The number of benzene rings is 1. The number of carbonyl (C=O) groups is 1. The number of alkyl carbamates (subject to hydrolysis) is 1. The Morgan fingerprint density at radius 3 is 2.54 bits per heavy atom. The Morgan fingerprint density at radius 1 is 1.29 bits per heavy atom. The highest BCUT2D eigenvalue weighted by Crippen LogP contribution is 2.36. The predicted octanol–water partition coefficient (Wildman–Crippen LogP) is 3.96. The van der Waals surface area contributed by atoms with Crippen molar-refractivity contribution in [3.63, 3.8) is 0 Å². The van der Waals surface area contributed by atoms with E-state index in [1.54, 1.807) is 20.8 Å². The standard InChI is InChI=1S/C16H19F3N2O3/c1-15(2,3)24-14(23)20-7-6-10-11-8-9(22)4-5-12(11)21-13(10)16(17,18)19/h4-5,8,21-22H,6-7H2,1-3H3,(H,20,23). The molecule has 24 heavy (non-hydrogen) atoms. The highest BCUT2D eigenvalue weighted by Gasteiger charge is 2.36. The maximum atomic E-state index is 13.2. The molecular formula is C16H19F3N2O3. The van der Waals surface area contributed by atoms with Crippen molar-refractivity contribution in [1.82, 2.24) is 10.3 Å². The van der Waals surface area contributed by atoms with Crippen LogP contribution in [0.1, 0.15) is 32.0 Å². The van der Waals surface area contributed by atoms with E-state index in [0.29, 0.717) is 0 Å². The van der Waals surface area contributed by atoms with Crippen molar-refractivity contribution in [3.05, 3.63) is 29.5 Å². The highest BCUT2D eigenvalue weighted by atomic mass is 19.4. The van der Waals surface area contributed by atoms with E-state index in [2.05, 4.69) is 10.3 Å². The van der Waals surface area contributed by atoms with Crippen LogP contribution in [0.15, 0.2) is 18.2 Å². The van der Waals surface area contributed by atoms with Gasteiger partial charge in [0.15, 0.2) is 0 Å². The zero-order valence-electron chi connectivity index (χ0n) is 13.5. The highest BCUT2D eigenvalue weighted by molar-refractivity contribution is 5.86. The molecule has 2 aromatic rings. The van der Waals surface area contributed by atoms with Gasteiger partial charge in [0.25, 0.3) is 0 Å². The third-order valence-corrected chi connectivity index (χ3v) is 3.22. The van der Waals surface area contributed by atoms with Crippen molar-refractivity contribution in [3.8, 4) is 5.75 Å². The average molecular weight is 344 g/mol. The van der Waals surface area contributed by atoms with E-state index >= 15 is 0 Å². The lowest BCUT2D eigenvalue weighted by Crippen LogP contribution is -2.33. The fourth-order valence-corrected chi connectivity index (χ4v) is 2.34. The number of amides is 1. The van der Waals surface area contributed by atoms with Gasteiger partial charge in [0.05, 0.1) is 0 Å². The maximum Gasteiger partial charge on any atom is 0.431 e. The van der Waals surface area contributed by atoms with E-state index in [4.69, 9.17) is 4.74 Å². The summed E-state index contributed by atoms with van der Waals surface area (Å²) < 4.78 is 44.6. The zero-order valence-corrected chi connectivity index (χ0v) is 13.5. The lowest BCUT2D eigenvalue weighted by atomic mass is 10.1. The molecule has 1 heterocycles. The van der Waals surface area contributed by atoms with Gasteiger partial charge in [0.2, 0.25) is 0 Å². The molecule has 5 nitrogen and oxygen atoms in total. The topological polar surface area (TPSA) is 74.3 Å². The SMILES string of the molecule is CC(C)(C)OC(=O)NCCc1c(C(F)(F)F)[nH]c2ccc(O)cc12. The van der Waals surface area contributed by atoms with Crippen molar-refractivity contribution in [2.24, 2.45) is 0 Å². The van der Waals surface area contributed by atoms with Gasteiger partial charge < -0.3 is 20.1 Å². The van der Waals surface area contributed by atoms with Crippen LogP contribution in [0.25, 0.3) is 10.9 Å². The minimum Gasteiger partial charge on any atom is -0.508 e. The second kappa shape index (κ2) is 6.26. The minimum absolute atomic E-state index is 0.00976. The first-order chi connectivity index (χ1) is 11.0. The van der Waals surface area contributed by atoms with Gasteiger partial charge in [-0.3, -0.25) is 0 Å². The van der Waals surface area contributed by atoms with E-state index in [9.17, 15) is 23.1 Å². The van der Waals surface area contributed by atoms with Gasteiger partial charge in [-0.25, -0.2) is 4.79 Å². The lowest BCUT2D eigenvalue weighted by molar-refractivity contribution is -0.141. The number of rotatable bonds is 3. The minimum atomic E-state index is -4.56. The summed E-state index contributed by atoms with van der Waals surface area (Å²) in [5, 5.41) is 12.2. The van der Waals surface area contributed by atoms with Crippen molar-refractivity contribution < 1.29 is 27.8 Å². The number of H-pyrrole nitrogens is 1. The Kier molecular flexibility index (Phi) is 4.68. The van der Waals surface area contributed by atoms with Crippen molar-refractivity contribution in [2.75, 3.05) is 6.54 Å². The number of hydrogen-bond acceptors (Lipinski definition) is 3. The average Bonchev–Trinajstić information content (AvgIpc) is 2.75. The number of alkyl halides is 3. The third-order valence-electron chi connectivity index (χ3n) is 3.22. The third kappa shape index (κ3) is 4.33. The fraction of sp³-hybridized carbons (Fsp3) is 0.438. The molecule has 0 aliphatic heterocycles. The lowest BCUT2D eigenvalue weighted by Gasteiger charge is -2.19. The second-order valence-electron chi connectivity index (χ2n) is 6.38. The molecule has 0 bridgehead atoms. The molecule has 0 fully saturated rings. The van der Waals surface area contributed by atoms with E-state index < -0.39 is 23.6 Å². The van der Waals surface area contributed by atoms with Crippen molar-refractivity contribution in [2.45, 2.75) is 39.0 Å². The predicted molar refractivity (Wildman–Crippen MR) is 82.9 cm³/mol. The van der Waals surface area contributed by atoms with Gasteiger partial charge in [0.1, 0.15) is 17.0 Å². The van der Waals surface area contributed by atoms with Gasteiger partial charge in [-0.15, -0.1) is 0 Å². The summed E-state index contributed by atoms with van der Waals surface area (Å²) in [6.45, 7) is 5.05. The van der Waals surface area contributed by atoms with Crippen LogP contribution < -0.4 is 5.32 Å². The van der Waals surface area contributed by atoms with Crippen LogP contribution in [-0.2, 0) is 17.3 Å². The molecule has 8 heteroatoms. The summed E-state index contributed by atoms with van der Waals surface area (Å²) in [4.78, 5) is 13.9. The molecule has 0 atom stereocenters. The van der Waals surface area contributed by atoms with Gasteiger partial charge >= 0.3 is 12.3 Å². The molecule has 1 amide bonds. The number of aromatic hydroxyl groups is 1. The molecule has 1 aromatic carbocycles.